The lowest BCUT2D eigenvalue weighted by molar-refractivity contribution is -0.142. The third-order valence-electron chi connectivity index (χ3n) is 4.71. The molecule has 1 aromatic rings. The Bertz CT molecular complexity index is 584. The molecule has 0 saturated carbocycles. The fraction of sp³-hybridized carbons (Fsp3) is 0.588. The third-order valence-corrected chi connectivity index (χ3v) is 4.71. The van der Waals surface area contributed by atoms with Crippen molar-refractivity contribution in [3.63, 3.8) is 0 Å². The third kappa shape index (κ3) is 4.03. The number of nitrogens with zero attached hydrogens (tertiary/aromatic N) is 3. The van der Waals surface area contributed by atoms with E-state index in [1.165, 1.54) is 19.3 Å². The maximum Gasteiger partial charge on any atom is 0.320 e. The molecule has 0 aliphatic carbocycles. The standard InChI is InChI=1S/C17H24N4O3/c22-16(12-21-10-4-5-14(21)17(23)24)19-13-6-7-15(18-11-13)20-8-2-1-3-9-20/h6-7,11,14H,1-5,8-10,12H2,(H,19,22)(H,23,24)/t14-/m0/s1. The first-order valence-corrected chi connectivity index (χ1v) is 8.61. The Labute approximate surface area is 141 Å². The van der Waals surface area contributed by atoms with Crippen molar-refractivity contribution in [1.82, 2.24) is 9.88 Å². The Kier molecular flexibility index (Phi) is 5.30. The number of carboxylic acids is 1. The maximum absolute atomic E-state index is 12.1. The number of aliphatic carboxylic acids is 1. The van der Waals surface area contributed by atoms with Gasteiger partial charge in [0.05, 0.1) is 18.4 Å². The molecule has 1 amide bonds. The lowest BCUT2D eigenvalue weighted by Gasteiger charge is -2.27. The highest BCUT2D eigenvalue weighted by molar-refractivity contribution is 5.92. The molecule has 2 aliphatic rings. The van der Waals surface area contributed by atoms with E-state index in [1.54, 1.807) is 11.1 Å². The quantitative estimate of drug-likeness (QED) is 0.851. The number of carboxylic acid groups (broad SMARTS) is 1. The predicted octanol–water partition coefficient (Wildman–Crippen LogP) is 1.56. The average Bonchev–Trinajstić information content (AvgIpc) is 3.04. The molecule has 2 saturated heterocycles. The first kappa shape index (κ1) is 16.7. The zero-order valence-electron chi connectivity index (χ0n) is 13.8. The number of hydrogen-bond acceptors (Lipinski definition) is 5. The van der Waals surface area contributed by atoms with Crippen molar-refractivity contribution in [2.45, 2.75) is 38.1 Å². The normalized spacial score (nSPS) is 21.7. The van der Waals surface area contributed by atoms with Crippen LogP contribution in [0.4, 0.5) is 11.5 Å². The number of piperidine rings is 1. The summed E-state index contributed by atoms with van der Waals surface area (Å²) in [6.07, 6.45) is 6.76. The van der Waals surface area contributed by atoms with Gasteiger partial charge in [0, 0.05) is 13.1 Å². The van der Waals surface area contributed by atoms with Gasteiger partial charge in [-0.05, 0) is 50.8 Å². The average molecular weight is 332 g/mol. The molecule has 7 nitrogen and oxygen atoms in total. The van der Waals surface area contributed by atoms with E-state index < -0.39 is 12.0 Å². The summed E-state index contributed by atoms with van der Waals surface area (Å²) < 4.78 is 0. The van der Waals surface area contributed by atoms with E-state index in [0.29, 0.717) is 18.7 Å². The van der Waals surface area contributed by atoms with Gasteiger partial charge in [0.2, 0.25) is 5.91 Å². The Morgan fingerprint density at radius 3 is 2.62 bits per heavy atom. The SMILES string of the molecule is O=C(CN1CCC[C@H]1C(=O)O)Nc1ccc(N2CCCCC2)nc1. The molecular formula is C17H24N4O3. The van der Waals surface area contributed by atoms with Gasteiger partial charge in [0.1, 0.15) is 11.9 Å². The minimum Gasteiger partial charge on any atom is -0.480 e. The Morgan fingerprint density at radius 2 is 1.96 bits per heavy atom. The molecule has 3 heterocycles. The van der Waals surface area contributed by atoms with Gasteiger partial charge in [-0.2, -0.15) is 0 Å². The van der Waals surface area contributed by atoms with Gasteiger partial charge in [-0.25, -0.2) is 4.98 Å². The molecular weight excluding hydrogens is 308 g/mol. The largest absolute Gasteiger partial charge is 0.480 e. The van der Waals surface area contributed by atoms with Crippen LogP contribution >= 0.6 is 0 Å². The second-order valence-electron chi connectivity index (χ2n) is 6.47. The number of carbonyl (C=O) groups is 2. The molecule has 0 aromatic carbocycles. The number of pyridine rings is 1. The van der Waals surface area contributed by atoms with Crippen molar-refractivity contribution >= 4 is 23.4 Å². The van der Waals surface area contributed by atoms with Crippen LogP contribution in [0.3, 0.4) is 0 Å². The van der Waals surface area contributed by atoms with E-state index in [4.69, 9.17) is 5.11 Å². The van der Waals surface area contributed by atoms with Crippen molar-refractivity contribution in [1.29, 1.82) is 0 Å². The zero-order valence-corrected chi connectivity index (χ0v) is 13.8. The van der Waals surface area contributed by atoms with Crippen LogP contribution in [-0.2, 0) is 9.59 Å². The second kappa shape index (κ2) is 7.61. The van der Waals surface area contributed by atoms with Gasteiger partial charge >= 0.3 is 5.97 Å². The molecule has 2 N–H and O–H groups in total. The molecule has 0 spiro atoms. The van der Waals surface area contributed by atoms with Gasteiger partial charge < -0.3 is 15.3 Å². The molecule has 7 heteroatoms. The number of aromatic nitrogens is 1. The van der Waals surface area contributed by atoms with E-state index in [9.17, 15) is 9.59 Å². The van der Waals surface area contributed by atoms with Crippen LogP contribution in [0.25, 0.3) is 0 Å². The number of likely N-dealkylation sites (tertiary alicyclic amines) is 1. The number of anilines is 2. The van der Waals surface area contributed by atoms with Crippen molar-refractivity contribution < 1.29 is 14.7 Å². The van der Waals surface area contributed by atoms with Crippen LogP contribution in [0, 0.1) is 0 Å². The van der Waals surface area contributed by atoms with Gasteiger partial charge in [0.25, 0.3) is 0 Å². The van der Waals surface area contributed by atoms with E-state index in [1.807, 2.05) is 12.1 Å². The monoisotopic (exact) mass is 332 g/mol. The van der Waals surface area contributed by atoms with Crippen LogP contribution in [0.1, 0.15) is 32.1 Å². The summed E-state index contributed by atoms with van der Waals surface area (Å²) in [5, 5.41) is 12.0. The molecule has 3 rings (SSSR count). The summed E-state index contributed by atoms with van der Waals surface area (Å²) in [6.45, 7) is 2.82. The maximum atomic E-state index is 12.1. The summed E-state index contributed by atoms with van der Waals surface area (Å²) in [4.78, 5) is 31.7. The summed E-state index contributed by atoms with van der Waals surface area (Å²) in [6, 6.07) is 3.24. The summed E-state index contributed by atoms with van der Waals surface area (Å²) >= 11 is 0. The highest BCUT2D eigenvalue weighted by Gasteiger charge is 2.31. The summed E-state index contributed by atoms with van der Waals surface area (Å²) in [7, 11) is 0. The number of amides is 1. The molecule has 1 aromatic heterocycles. The lowest BCUT2D eigenvalue weighted by Crippen LogP contribution is -2.40. The molecule has 1 atom stereocenters. The fourth-order valence-electron chi connectivity index (χ4n) is 3.45. The van der Waals surface area contributed by atoms with Gasteiger partial charge in [-0.3, -0.25) is 14.5 Å². The van der Waals surface area contributed by atoms with E-state index in [2.05, 4.69) is 15.2 Å². The van der Waals surface area contributed by atoms with E-state index in [-0.39, 0.29) is 12.5 Å². The van der Waals surface area contributed by atoms with Gasteiger partial charge in [-0.1, -0.05) is 0 Å². The number of carbonyl (C=O) groups excluding carboxylic acids is 1. The van der Waals surface area contributed by atoms with Crippen molar-refractivity contribution in [2.24, 2.45) is 0 Å². The Balaban J connectivity index is 1.53. The summed E-state index contributed by atoms with van der Waals surface area (Å²) in [5.74, 6) is -0.110. The number of hydrogen-bond donors (Lipinski definition) is 2. The first-order valence-electron chi connectivity index (χ1n) is 8.61. The summed E-state index contributed by atoms with van der Waals surface area (Å²) in [5.41, 5.74) is 0.645. The minimum atomic E-state index is -0.854. The van der Waals surface area contributed by atoms with Crippen LogP contribution in [0.5, 0.6) is 0 Å². The van der Waals surface area contributed by atoms with Crippen LogP contribution in [0.2, 0.25) is 0 Å². The van der Waals surface area contributed by atoms with E-state index >= 15 is 0 Å². The topological polar surface area (TPSA) is 85.8 Å². The molecule has 0 unspecified atom stereocenters. The van der Waals surface area contributed by atoms with Crippen LogP contribution in [0.15, 0.2) is 18.3 Å². The zero-order chi connectivity index (χ0) is 16.9. The highest BCUT2D eigenvalue weighted by atomic mass is 16.4. The minimum absolute atomic E-state index is 0.102. The number of nitrogens with one attached hydrogen (secondary N) is 1. The van der Waals surface area contributed by atoms with Crippen molar-refractivity contribution in [2.75, 3.05) is 36.4 Å². The molecule has 24 heavy (non-hydrogen) atoms. The van der Waals surface area contributed by atoms with Gasteiger partial charge in [-0.15, -0.1) is 0 Å². The van der Waals surface area contributed by atoms with Crippen LogP contribution in [-0.4, -0.2) is 59.1 Å². The fourth-order valence-corrected chi connectivity index (χ4v) is 3.45. The molecule has 2 fully saturated rings. The number of rotatable bonds is 5. The predicted molar refractivity (Wildman–Crippen MR) is 91.2 cm³/mol. The van der Waals surface area contributed by atoms with Crippen molar-refractivity contribution in [3.8, 4) is 0 Å². The highest BCUT2D eigenvalue weighted by Crippen LogP contribution is 2.20. The lowest BCUT2D eigenvalue weighted by atomic mass is 10.1. The first-order chi connectivity index (χ1) is 11.6. The molecule has 2 aliphatic heterocycles. The second-order valence-corrected chi connectivity index (χ2v) is 6.47. The van der Waals surface area contributed by atoms with Crippen LogP contribution < -0.4 is 10.2 Å². The Hall–Kier alpha value is -2.15. The van der Waals surface area contributed by atoms with Crippen molar-refractivity contribution in [3.05, 3.63) is 18.3 Å². The molecule has 130 valence electrons. The smallest absolute Gasteiger partial charge is 0.320 e. The van der Waals surface area contributed by atoms with Gasteiger partial charge in [0.15, 0.2) is 0 Å². The molecule has 0 radical (unpaired) electrons. The van der Waals surface area contributed by atoms with E-state index in [0.717, 1.165) is 25.3 Å². The molecule has 0 bridgehead atoms. The Morgan fingerprint density at radius 1 is 1.17 bits per heavy atom.